The minimum atomic E-state index is -0.663. The number of hydrogen-bond donors (Lipinski definition) is 2. The molecular weight excluding hydrogens is 368 g/mol. The fourth-order valence-electron chi connectivity index (χ4n) is 2.36. The number of carbonyl (C=O) groups excluding carboxylic acids is 1. The van der Waals surface area contributed by atoms with Crippen molar-refractivity contribution in [2.75, 3.05) is 0 Å². The van der Waals surface area contributed by atoms with E-state index in [-0.39, 0.29) is 27.0 Å². The summed E-state index contributed by atoms with van der Waals surface area (Å²) in [4.78, 5) is 23.5. The molecule has 1 amide bonds. The van der Waals surface area contributed by atoms with Crippen LogP contribution in [-0.4, -0.2) is 21.8 Å². The summed E-state index contributed by atoms with van der Waals surface area (Å²) in [6.07, 6.45) is 3.85. The van der Waals surface area contributed by atoms with Gasteiger partial charge in [-0.3, -0.25) is 14.8 Å². The van der Waals surface area contributed by atoms with Gasteiger partial charge < -0.3 is 11.5 Å². The lowest BCUT2D eigenvalue weighted by Gasteiger charge is -2.10. The summed E-state index contributed by atoms with van der Waals surface area (Å²) in [5.41, 5.74) is 11.3. The van der Waals surface area contributed by atoms with Crippen LogP contribution in [-0.2, 0) is 0 Å². The second-order valence-electron chi connectivity index (χ2n) is 5.04. The van der Waals surface area contributed by atoms with E-state index in [1.54, 1.807) is 0 Å². The van der Waals surface area contributed by atoms with Crippen molar-refractivity contribution in [2.24, 2.45) is 16.5 Å². The lowest BCUT2D eigenvalue weighted by molar-refractivity contribution is 0.100. The summed E-state index contributed by atoms with van der Waals surface area (Å²) >= 11 is 12.3. The molecule has 2 aromatic heterocycles. The van der Waals surface area contributed by atoms with E-state index in [1.807, 2.05) is 0 Å². The van der Waals surface area contributed by atoms with Crippen LogP contribution in [0, 0.1) is 5.82 Å². The van der Waals surface area contributed by atoms with Gasteiger partial charge in [-0.1, -0.05) is 29.3 Å². The van der Waals surface area contributed by atoms with E-state index in [4.69, 9.17) is 34.7 Å². The Bertz CT molecular complexity index is 1010. The average molecular weight is 378 g/mol. The largest absolute Gasteiger partial charge is 0.370 e. The Labute approximate surface area is 151 Å². The zero-order valence-electron chi connectivity index (χ0n) is 12.5. The van der Waals surface area contributed by atoms with Gasteiger partial charge in [-0.25, -0.2) is 4.39 Å². The molecule has 0 spiro atoms. The second-order valence-corrected chi connectivity index (χ2v) is 5.85. The van der Waals surface area contributed by atoms with Crippen molar-refractivity contribution in [3.63, 3.8) is 0 Å². The van der Waals surface area contributed by atoms with Crippen LogP contribution in [0.5, 0.6) is 0 Å². The van der Waals surface area contributed by atoms with Crippen LogP contribution in [0.1, 0.15) is 10.4 Å². The smallest absolute Gasteiger partial charge is 0.280 e. The molecule has 6 nitrogen and oxygen atoms in total. The molecule has 0 aliphatic carbocycles. The Morgan fingerprint density at radius 3 is 2.40 bits per heavy atom. The number of aliphatic imine (C=N–C) groups is 1. The van der Waals surface area contributed by atoms with Gasteiger partial charge in [-0.05, 0) is 12.1 Å². The van der Waals surface area contributed by atoms with Gasteiger partial charge in [0.25, 0.3) is 5.91 Å². The highest BCUT2D eigenvalue weighted by atomic mass is 35.5. The number of nitrogens with two attached hydrogens (primary N) is 2. The molecule has 0 saturated heterocycles. The maximum absolute atomic E-state index is 14.1. The fraction of sp³-hybridized carbons (Fsp3) is 0. The molecule has 3 aromatic rings. The Morgan fingerprint density at radius 1 is 1.08 bits per heavy atom. The first-order valence-electron chi connectivity index (χ1n) is 6.90. The number of halogens is 3. The van der Waals surface area contributed by atoms with Gasteiger partial charge in [0.05, 0.1) is 21.9 Å². The molecule has 0 saturated carbocycles. The number of amides is 1. The number of pyridine rings is 2. The maximum Gasteiger partial charge on any atom is 0.280 e. The van der Waals surface area contributed by atoms with Gasteiger partial charge in [0.2, 0.25) is 0 Å². The van der Waals surface area contributed by atoms with E-state index in [1.165, 1.54) is 30.6 Å². The number of guanidine groups is 1. The zero-order valence-corrected chi connectivity index (χ0v) is 14.0. The topological polar surface area (TPSA) is 107 Å². The Balaban J connectivity index is 2.32. The van der Waals surface area contributed by atoms with Gasteiger partial charge in [-0.2, -0.15) is 4.99 Å². The van der Waals surface area contributed by atoms with Gasteiger partial charge in [0, 0.05) is 34.3 Å². The summed E-state index contributed by atoms with van der Waals surface area (Å²) in [5.74, 6) is -1.59. The van der Waals surface area contributed by atoms with Crippen molar-refractivity contribution in [1.29, 1.82) is 0 Å². The molecule has 0 atom stereocenters. The summed E-state index contributed by atoms with van der Waals surface area (Å²) in [5, 5.41) is 1.07. The summed E-state index contributed by atoms with van der Waals surface area (Å²) in [6, 6.07) is 4.29. The van der Waals surface area contributed by atoms with Crippen molar-refractivity contribution in [3.05, 3.63) is 58.2 Å². The summed E-state index contributed by atoms with van der Waals surface area (Å²) < 4.78 is 14.1. The normalized spacial score (nSPS) is 10.7. The van der Waals surface area contributed by atoms with Crippen molar-refractivity contribution in [3.8, 4) is 11.3 Å². The first-order valence-corrected chi connectivity index (χ1v) is 7.65. The molecule has 2 heterocycles. The molecule has 25 heavy (non-hydrogen) atoms. The number of rotatable bonds is 2. The molecule has 126 valence electrons. The summed E-state index contributed by atoms with van der Waals surface area (Å²) in [6.45, 7) is 0. The third-order valence-electron chi connectivity index (χ3n) is 3.41. The second kappa shape index (κ2) is 6.62. The first-order chi connectivity index (χ1) is 11.9. The van der Waals surface area contributed by atoms with E-state index in [0.29, 0.717) is 16.6 Å². The van der Waals surface area contributed by atoms with E-state index < -0.39 is 11.7 Å². The van der Waals surface area contributed by atoms with Crippen LogP contribution in [0.3, 0.4) is 0 Å². The number of fused-ring (bicyclic) bond motifs is 1. The Kier molecular flexibility index (Phi) is 4.52. The van der Waals surface area contributed by atoms with Crippen molar-refractivity contribution in [1.82, 2.24) is 9.97 Å². The summed E-state index contributed by atoms with van der Waals surface area (Å²) in [7, 11) is 0. The standard InChI is InChI=1S/C16H10Cl2FN5O/c17-10-4-22-5-11(18)13(10)14-9-3-7(15(25)24-16(20)21)1-2-8(9)12(19)6-23-14/h1-6H,(H4,20,21,24,25). The predicted octanol–water partition coefficient (Wildman–Crippen LogP) is 3.16. The molecule has 0 bridgehead atoms. The predicted molar refractivity (Wildman–Crippen MR) is 95.1 cm³/mol. The Hall–Kier alpha value is -2.77. The molecule has 0 fully saturated rings. The minimum Gasteiger partial charge on any atom is -0.370 e. The van der Waals surface area contributed by atoms with Crippen LogP contribution in [0.15, 0.2) is 41.8 Å². The Morgan fingerprint density at radius 2 is 1.76 bits per heavy atom. The molecule has 9 heteroatoms. The lowest BCUT2D eigenvalue weighted by atomic mass is 10.0. The van der Waals surface area contributed by atoms with Crippen LogP contribution in [0.2, 0.25) is 10.0 Å². The monoisotopic (exact) mass is 377 g/mol. The average Bonchev–Trinajstić information content (AvgIpc) is 2.55. The maximum atomic E-state index is 14.1. The van der Waals surface area contributed by atoms with Crippen LogP contribution in [0.25, 0.3) is 22.0 Å². The molecule has 4 N–H and O–H groups in total. The van der Waals surface area contributed by atoms with Gasteiger partial charge in [0.1, 0.15) is 5.82 Å². The zero-order chi connectivity index (χ0) is 18.1. The van der Waals surface area contributed by atoms with Crippen LogP contribution < -0.4 is 11.5 Å². The molecule has 0 aliphatic rings. The first kappa shape index (κ1) is 17.1. The number of carbonyl (C=O) groups is 1. The molecule has 0 unspecified atom stereocenters. The van der Waals surface area contributed by atoms with Crippen molar-refractivity contribution >= 4 is 45.8 Å². The highest BCUT2D eigenvalue weighted by Gasteiger charge is 2.17. The third kappa shape index (κ3) is 3.24. The lowest BCUT2D eigenvalue weighted by Crippen LogP contribution is -2.24. The van der Waals surface area contributed by atoms with E-state index in [2.05, 4.69) is 15.0 Å². The molecule has 1 aromatic carbocycles. The number of aromatic nitrogens is 2. The van der Waals surface area contributed by atoms with E-state index in [0.717, 1.165) is 6.20 Å². The molecule has 3 rings (SSSR count). The highest BCUT2D eigenvalue weighted by molar-refractivity contribution is 6.39. The molecule has 0 aliphatic heterocycles. The van der Waals surface area contributed by atoms with Gasteiger partial charge >= 0.3 is 0 Å². The van der Waals surface area contributed by atoms with Gasteiger partial charge in [0.15, 0.2) is 5.96 Å². The van der Waals surface area contributed by atoms with Crippen LogP contribution in [0.4, 0.5) is 4.39 Å². The van der Waals surface area contributed by atoms with Gasteiger partial charge in [-0.15, -0.1) is 0 Å². The quantitative estimate of drug-likeness (QED) is 0.526. The number of hydrogen-bond acceptors (Lipinski definition) is 3. The highest BCUT2D eigenvalue weighted by Crippen LogP contribution is 2.37. The van der Waals surface area contributed by atoms with E-state index in [9.17, 15) is 9.18 Å². The minimum absolute atomic E-state index is 0.163. The van der Waals surface area contributed by atoms with E-state index >= 15 is 0 Å². The van der Waals surface area contributed by atoms with Crippen molar-refractivity contribution in [2.45, 2.75) is 0 Å². The third-order valence-corrected chi connectivity index (χ3v) is 3.98. The van der Waals surface area contributed by atoms with Crippen LogP contribution >= 0.6 is 23.2 Å². The fourth-order valence-corrected chi connectivity index (χ4v) is 2.90. The molecular formula is C16H10Cl2FN5O. The number of benzene rings is 1. The SMILES string of the molecule is NC(N)=NC(=O)c1ccc2c(F)cnc(-c3c(Cl)cncc3Cl)c2c1. The molecule has 0 radical (unpaired) electrons. The van der Waals surface area contributed by atoms with Crippen molar-refractivity contribution < 1.29 is 9.18 Å². The number of nitrogens with zero attached hydrogens (tertiary/aromatic N) is 3.